The molecule has 0 radical (unpaired) electrons. The molecule has 0 unspecified atom stereocenters. The van der Waals surface area contributed by atoms with Gasteiger partial charge in [-0.25, -0.2) is 8.42 Å². The van der Waals surface area contributed by atoms with Crippen LogP contribution in [0.4, 0.5) is 5.69 Å². The van der Waals surface area contributed by atoms with Gasteiger partial charge in [-0.3, -0.25) is 9.52 Å². The fourth-order valence-corrected chi connectivity index (χ4v) is 4.38. The average Bonchev–Trinajstić information content (AvgIpc) is 2.66. The molecule has 6 heteroatoms. The first-order chi connectivity index (χ1) is 13.7. The van der Waals surface area contributed by atoms with E-state index in [0.717, 1.165) is 16.7 Å². The van der Waals surface area contributed by atoms with E-state index in [1.54, 1.807) is 37.3 Å². The first-order valence-electron chi connectivity index (χ1n) is 9.28. The molecule has 3 aromatic rings. The molecule has 0 atom stereocenters. The lowest BCUT2D eigenvalue weighted by atomic mass is 10.1. The van der Waals surface area contributed by atoms with Crippen molar-refractivity contribution < 1.29 is 13.2 Å². The summed E-state index contributed by atoms with van der Waals surface area (Å²) in [6, 6.07) is 19.7. The van der Waals surface area contributed by atoms with Gasteiger partial charge in [0.2, 0.25) is 0 Å². The van der Waals surface area contributed by atoms with Crippen LogP contribution in [-0.2, 0) is 16.6 Å². The number of hydrogen-bond donors (Lipinski definition) is 2. The van der Waals surface area contributed by atoms with Crippen molar-refractivity contribution in [3.05, 3.63) is 94.5 Å². The highest BCUT2D eigenvalue weighted by Gasteiger charge is 2.19. The van der Waals surface area contributed by atoms with Crippen molar-refractivity contribution in [3.63, 3.8) is 0 Å². The number of rotatable bonds is 6. The van der Waals surface area contributed by atoms with Gasteiger partial charge < -0.3 is 5.32 Å². The van der Waals surface area contributed by atoms with E-state index < -0.39 is 10.0 Å². The molecule has 0 aliphatic rings. The lowest BCUT2D eigenvalue weighted by Gasteiger charge is -2.13. The molecule has 0 aliphatic heterocycles. The third-order valence-corrected chi connectivity index (χ3v) is 6.07. The van der Waals surface area contributed by atoms with Crippen molar-refractivity contribution in [3.8, 4) is 0 Å². The van der Waals surface area contributed by atoms with Crippen molar-refractivity contribution in [1.29, 1.82) is 0 Å². The summed E-state index contributed by atoms with van der Waals surface area (Å²) in [4.78, 5) is 12.7. The number of sulfonamides is 1. The Morgan fingerprint density at radius 2 is 1.55 bits per heavy atom. The van der Waals surface area contributed by atoms with Gasteiger partial charge in [0, 0.05) is 17.8 Å². The Hall–Kier alpha value is -3.12. The molecule has 0 bridgehead atoms. The second-order valence-corrected chi connectivity index (χ2v) is 8.78. The Kier molecular flexibility index (Phi) is 6.03. The highest BCUT2D eigenvalue weighted by molar-refractivity contribution is 7.92. The van der Waals surface area contributed by atoms with Crippen molar-refractivity contribution >= 4 is 21.6 Å². The minimum Gasteiger partial charge on any atom is -0.348 e. The van der Waals surface area contributed by atoms with Gasteiger partial charge in [0.25, 0.3) is 15.9 Å². The van der Waals surface area contributed by atoms with Crippen molar-refractivity contribution in [2.24, 2.45) is 0 Å². The average molecular weight is 409 g/mol. The van der Waals surface area contributed by atoms with E-state index >= 15 is 0 Å². The van der Waals surface area contributed by atoms with Gasteiger partial charge in [-0.1, -0.05) is 48.0 Å². The predicted octanol–water partition coefficient (Wildman–Crippen LogP) is 4.34. The number of anilines is 1. The van der Waals surface area contributed by atoms with Crippen LogP contribution in [0.15, 0.2) is 71.6 Å². The molecule has 0 saturated carbocycles. The fourth-order valence-electron chi connectivity index (χ4n) is 3.06. The summed E-state index contributed by atoms with van der Waals surface area (Å²) < 4.78 is 28.4. The molecule has 0 saturated heterocycles. The highest BCUT2D eigenvalue weighted by Crippen LogP contribution is 2.21. The van der Waals surface area contributed by atoms with Crippen LogP contribution in [0.5, 0.6) is 0 Å². The molecule has 150 valence electrons. The predicted molar refractivity (Wildman–Crippen MR) is 116 cm³/mol. The molecular weight excluding hydrogens is 384 g/mol. The van der Waals surface area contributed by atoms with Crippen molar-refractivity contribution in [2.75, 3.05) is 4.72 Å². The second-order valence-electron chi connectivity index (χ2n) is 7.13. The number of amides is 1. The molecule has 0 heterocycles. The highest BCUT2D eigenvalue weighted by atomic mass is 32.2. The van der Waals surface area contributed by atoms with Crippen LogP contribution in [-0.4, -0.2) is 14.3 Å². The third kappa shape index (κ3) is 5.23. The summed E-state index contributed by atoms with van der Waals surface area (Å²) in [5, 5.41) is 2.84. The number of benzene rings is 3. The fraction of sp³-hybridized carbons (Fsp3) is 0.174. The van der Waals surface area contributed by atoms with Crippen LogP contribution in [0.2, 0.25) is 0 Å². The van der Waals surface area contributed by atoms with Crippen LogP contribution in [0.1, 0.15) is 32.6 Å². The standard InChI is InChI=1S/C23H24N2O3S/c1-16-6-4-8-19(12-16)15-24-23(26)20-11-10-18(3)22(14-20)29(27,28)25-21-9-5-7-17(2)13-21/h4-14,25H,15H2,1-3H3,(H,24,26). The van der Waals surface area contributed by atoms with Crippen LogP contribution in [0.3, 0.4) is 0 Å². The largest absolute Gasteiger partial charge is 0.348 e. The molecule has 0 aliphatic carbocycles. The molecule has 5 nitrogen and oxygen atoms in total. The zero-order valence-electron chi connectivity index (χ0n) is 16.7. The van der Waals surface area contributed by atoms with E-state index in [-0.39, 0.29) is 10.8 Å². The lowest BCUT2D eigenvalue weighted by Crippen LogP contribution is -2.23. The third-order valence-electron chi connectivity index (χ3n) is 4.55. The van der Waals surface area contributed by atoms with Crippen LogP contribution in [0.25, 0.3) is 0 Å². The Morgan fingerprint density at radius 1 is 0.862 bits per heavy atom. The lowest BCUT2D eigenvalue weighted by molar-refractivity contribution is 0.0950. The van der Waals surface area contributed by atoms with Crippen molar-refractivity contribution in [1.82, 2.24) is 5.32 Å². The number of carbonyl (C=O) groups excluding carboxylic acids is 1. The van der Waals surface area contributed by atoms with E-state index in [0.29, 0.717) is 23.4 Å². The van der Waals surface area contributed by atoms with Gasteiger partial charge in [-0.2, -0.15) is 0 Å². The van der Waals surface area contributed by atoms with Crippen LogP contribution >= 0.6 is 0 Å². The summed E-state index contributed by atoms with van der Waals surface area (Å²) in [6.45, 7) is 5.96. The van der Waals surface area contributed by atoms with E-state index in [2.05, 4.69) is 10.0 Å². The number of aryl methyl sites for hydroxylation is 3. The summed E-state index contributed by atoms with van der Waals surface area (Å²) in [7, 11) is -3.82. The van der Waals surface area contributed by atoms with Gasteiger partial charge in [0.05, 0.1) is 4.90 Å². The second kappa shape index (κ2) is 8.49. The quantitative estimate of drug-likeness (QED) is 0.637. The van der Waals surface area contributed by atoms with Gasteiger partial charge in [-0.05, 0) is 61.7 Å². The zero-order chi connectivity index (χ0) is 21.0. The van der Waals surface area contributed by atoms with E-state index in [1.165, 1.54) is 6.07 Å². The number of carbonyl (C=O) groups is 1. The minimum absolute atomic E-state index is 0.0854. The van der Waals surface area contributed by atoms with Crippen LogP contribution in [0, 0.1) is 20.8 Å². The summed E-state index contributed by atoms with van der Waals surface area (Å²) in [6.07, 6.45) is 0. The maximum atomic E-state index is 12.9. The number of nitrogens with one attached hydrogen (secondary N) is 2. The molecule has 0 spiro atoms. The van der Waals surface area contributed by atoms with Crippen LogP contribution < -0.4 is 10.0 Å². The molecule has 3 rings (SSSR count). The number of hydrogen-bond acceptors (Lipinski definition) is 3. The summed E-state index contributed by atoms with van der Waals surface area (Å²) in [5.41, 5.74) is 4.40. The smallest absolute Gasteiger partial charge is 0.262 e. The first kappa shape index (κ1) is 20.6. The normalized spacial score (nSPS) is 11.1. The van der Waals surface area contributed by atoms with Gasteiger partial charge in [-0.15, -0.1) is 0 Å². The Bertz CT molecular complexity index is 1150. The van der Waals surface area contributed by atoms with Gasteiger partial charge >= 0.3 is 0 Å². The SMILES string of the molecule is Cc1cccc(CNC(=O)c2ccc(C)c(S(=O)(=O)Nc3cccc(C)c3)c2)c1. The van der Waals surface area contributed by atoms with E-state index in [1.807, 2.05) is 44.2 Å². The molecule has 1 amide bonds. The van der Waals surface area contributed by atoms with E-state index in [4.69, 9.17) is 0 Å². The maximum absolute atomic E-state index is 12.9. The van der Waals surface area contributed by atoms with Crippen molar-refractivity contribution in [2.45, 2.75) is 32.2 Å². The minimum atomic E-state index is -3.82. The molecule has 0 aromatic heterocycles. The Balaban J connectivity index is 1.80. The maximum Gasteiger partial charge on any atom is 0.262 e. The molecule has 2 N–H and O–H groups in total. The Labute approximate surface area is 171 Å². The monoisotopic (exact) mass is 408 g/mol. The first-order valence-corrected chi connectivity index (χ1v) is 10.8. The summed E-state index contributed by atoms with van der Waals surface area (Å²) in [5.74, 6) is -0.321. The topological polar surface area (TPSA) is 75.3 Å². The van der Waals surface area contributed by atoms with Gasteiger partial charge in [0.1, 0.15) is 0 Å². The van der Waals surface area contributed by atoms with E-state index in [9.17, 15) is 13.2 Å². The molecule has 29 heavy (non-hydrogen) atoms. The molecule has 3 aromatic carbocycles. The molecular formula is C23H24N2O3S. The molecule has 0 fully saturated rings. The van der Waals surface area contributed by atoms with Gasteiger partial charge in [0.15, 0.2) is 0 Å². The Morgan fingerprint density at radius 3 is 2.24 bits per heavy atom. The zero-order valence-corrected chi connectivity index (χ0v) is 17.5. The summed E-state index contributed by atoms with van der Waals surface area (Å²) >= 11 is 0.